The van der Waals surface area contributed by atoms with Crippen LogP contribution in [0.25, 0.3) is 0 Å². The molecule has 0 saturated carbocycles. The van der Waals surface area contributed by atoms with Crippen LogP contribution in [-0.2, 0) is 11.2 Å². The Hall–Kier alpha value is -0.540. The Kier molecular flexibility index (Phi) is 3.33. The molecule has 13 heavy (non-hydrogen) atoms. The van der Waals surface area contributed by atoms with Gasteiger partial charge in [0.2, 0.25) is 0 Å². The monoisotopic (exact) mass is 262 g/mol. The van der Waals surface area contributed by atoms with E-state index in [0.29, 0.717) is 5.02 Å². The first-order valence-corrected chi connectivity index (χ1v) is 4.84. The smallest absolute Gasteiger partial charge is 0.307 e. The summed E-state index contributed by atoms with van der Waals surface area (Å²) in [6.07, 6.45) is 0.0127. The van der Waals surface area contributed by atoms with Crippen LogP contribution in [0.15, 0.2) is 16.6 Å². The molecule has 0 radical (unpaired) electrons. The highest BCUT2D eigenvalue weighted by Gasteiger charge is 2.07. The number of hydrogen-bond donors (Lipinski definition) is 1. The number of carboxylic acid groups (broad SMARTS) is 1. The second kappa shape index (κ2) is 4.11. The van der Waals surface area contributed by atoms with E-state index in [1.165, 1.54) is 0 Å². The van der Waals surface area contributed by atoms with Crippen molar-refractivity contribution in [2.45, 2.75) is 13.3 Å². The van der Waals surface area contributed by atoms with Crippen molar-refractivity contribution in [1.82, 2.24) is 0 Å². The lowest BCUT2D eigenvalue weighted by atomic mass is 10.1. The molecule has 1 aromatic rings. The van der Waals surface area contributed by atoms with Gasteiger partial charge in [0.05, 0.1) is 11.4 Å². The molecule has 70 valence electrons. The minimum Gasteiger partial charge on any atom is -0.481 e. The molecule has 0 bridgehead atoms. The van der Waals surface area contributed by atoms with E-state index < -0.39 is 5.97 Å². The lowest BCUT2D eigenvalue weighted by molar-refractivity contribution is -0.136. The van der Waals surface area contributed by atoms with Gasteiger partial charge in [-0.25, -0.2) is 0 Å². The number of carbonyl (C=O) groups is 1. The fourth-order valence-electron chi connectivity index (χ4n) is 1.04. The maximum atomic E-state index is 10.5. The minimum atomic E-state index is -0.846. The average molecular weight is 264 g/mol. The molecule has 0 heterocycles. The summed E-state index contributed by atoms with van der Waals surface area (Å²) in [6, 6.07) is 3.50. The van der Waals surface area contributed by atoms with Crippen LogP contribution in [0, 0.1) is 6.92 Å². The van der Waals surface area contributed by atoms with Gasteiger partial charge >= 0.3 is 5.97 Å². The second-order valence-corrected chi connectivity index (χ2v) is 4.02. The third-order valence-corrected chi connectivity index (χ3v) is 2.92. The first kappa shape index (κ1) is 10.5. The number of halogens is 2. The zero-order valence-electron chi connectivity index (χ0n) is 6.97. The topological polar surface area (TPSA) is 37.3 Å². The molecular weight excluding hydrogens is 255 g/mol. The van der Waals surface area contributed by atoms with Gasteiger partial charge in [-0.1, -0.05) is 11.6 Å². The summed E-state index contributed by atoms with van der Waals surface area (Å²) < 4.78 is 0.792. The van der Waals surface area contributed by atoms with E-state index in [0.717, 1.165) is 15.6 Å². The summed E-state index contributed by atoms with van der Waals surface area (Å²) in [5, 5.41) is 9.14. The third-order valence-electron chi connectivity index (χ3n) is 1.72. The van der Waals surface area contributed by atoms with E-state index >= 15 is 0 Å². The highest BCUT2D eigenvalue weighted by molar-refractivity contribution is 9.10. The summed E-state index contributed by atoms with van der Waals surface area (Å²) in [7, 11) is 0. The predicted molar refractivity (Wildman–Crippen MR) is 55.2 cm³/mol. The summed E-state index contributed by atoms with van der Waals surface area (Å²) in [6.45, 7) is 1.86. The molecule has 4 heteroatoms. The van der Waals surface area contributed by atoms with Gasteiger partial charge in [-0.15, -0.1) is 0 Å². The first-order valence-electron chi connectivity index (χ1n) is 3.67. The Morgan fingerprint density at radius 3 is 2.77 bits per heavy atom. The average Bonchev–Trinajstić information content (AvgIpc) is 1.99. The zero-order chi connectivity index (χ0) is 10.0. The van der Waals surface area contributed by atoms with Crippen molar-refractivity contribution in [3.8, 4) is 0 Å². The molecule has 0 unspecified atom stereocenters. The van der Waals surface area contributed by atoms with Crippen molar-refractivity contribution in [3.63, 3.8) is 0 Å². The van der Waals surface area contributed by atoms with E-state index in [2.05, 4.69) is 15.9 Å². The van der Waals surface area contributed by atoms with Crippen molar-refractivity contribution in [2.75, 3.05) is 0 Å². The van der Waals surface area contributed by atoms with Gasteiger partial charge in [-0.3, -0.25) is 4.79 Å². The van der Waals surface area contributed by atoms with E-state index in [1.807, 2.05) is 13.0 Å². The molecule has 0 amide bonds. The van der Waals surface area contributed by atoms with Crippen molar-refractivity contribution in [3.05, 3.63) is 32.8 Å². The minimum absolute atomic E-state index is 0.0127. The highest BCUT2D eigenvalue weighted by Crippen LogP contribution is 2.26. The van der Waals surface area contributed by atoms with Crippen molar-refractivity contribution in [2.24, 2.45) is 0 Å². The molecule has 0 aliphatic heterocycles. The number of aryl methyl sites for hydroxylation is 1. The standard InChI is InChI=1S/C9H8BrClO2/c1-5-2-7(10)8(11)3-6(5)4-9(12)13/h2-3H,4H2,1H3,(H,12,13). The van der Waals surface area contributed by atoms with Gasteiger partial charge in [0, 0.05) is 4.47 Å². The third kappa shape index (κ3) is 2.71. The van der Waals surface area contributed by atoms with Gasteiger partial charge in [0.25, 0.3) is 0 Å². The molecule has 1 aromatic carbocycles. The van der Waals surface area contributed by atoms with Crippen molar-refractivity contribution in [1.29, 1.82) is 0 Å². The van der Waals surface area contributed by atoms with Crippen molar-refractivity contribution < 1.29 is 9.90 Å². The SMILES string of the molecule is Cc1cc(Br)c(Cl)cc1CC(=O)O. The molecule has 0 aromatic heterocycles. The molecule has 0 fully saturated rings. The molecule has 0 aliphatic rings. The van der Waals surface area contributed by atoms with Crippen LogP contribution < -0.4 is 0 Å². The lowest BCUT2D eigenvalue weighted by Crippen LogP contribution is -2.01. The quantitative estimate of drug-likeness (QED) is 0.890. The zero-order valence-corrected chi connectivity index (χ0v) is 9.32. The maximum absolute atomic E-state index is 10.5. The fourth-order valence-corrected chi connectivity index (χ4v) is 1.68. The van der Waals surface area contributed by atoms with Gasteiger partial charge in [0.1, 0.15) is 0 Å². The molecule has 0 atom stereocenters. The van der Waals surface area contributed by atoms with E-state index in [1.54, 1.807) is 6.07 Å². The fraction of sp³-hybridized carbons (Fsp3) is 0.222. The molecule has 0 spiro atoms. The van der Waals surface area contributed by atoms with Gasteiger partial charge < -0.3 is 5.11 Å². The van der Waals surface area contributed by atoms with E-state index in [-0.39, 0.29) is 6.42 Å². The number of hydrogen-bond acceptors (Lipinski definition) is 1. The summed E-state index contributed by atoms with van der Waals surface area (Å²) in [4.78, 5) is 10.5. The summed E-state index contributed by atoms with van der Waals surface area (Å²) in [5.74, 6) is -0.846. The second-order valence-electron chi connectivity index (χ2n) is 2.76. The Labute approximate surface area is 89.7 Å². The molecule has 0 saturated heterocycles. The molecular formula is C9H8BrClO2. The highest BCUT2D eigenvalue weighted by atomic mass is 79.9. The van der Waals surface area contributed by atoms with E-state index in [9.17, 15) is 4.79 Å². The number of aliphatic carboxylic acids is 1. The Morgan fingerprint density at radius 2 is 2.23 bits per heavy atom. The van der Waals surface area contributed by atoms with Crippen molar-refractivity contribution >= 4 is 33.5 Å². The Bertz CT molecular complexity index is 350. The molecule has 1 N–H and O–H groups in total. The lowest BCUT2D eigenvalue weighted by Gasteiger charge is -2.04. The van der Waals surface area contributed by atoms with Crippen LogP contribution in [0.4, 0.5) is 0 Å². The van der Waals surface area contributed by atoms with Crippen LogP contribution in [0.3, 0.4) is 0 Å². The summed E-state index contributed by atoms with van der Waals surface area (Å²) >= 11 is 9.10. The van der Waals surface area contributed by atoms with E-state index in [4.69, 9.17) is 16.7 Å². The van der Waals surface area contributed by atoms with Gasteiger partial charge in [-0.2, -0.15) is 0 Å². The van der Waals surface area contributed by atoms with Crippen LogP contribution in [0.2, 0.25) is 5.02 Å². The first-order chi connectivity index (χ1) is 6.00. The van der Waals surface area contributed by atoms with Crippen LogP contribution in [0.1, 0.15) is 11.1 Å². The Morgan fingerprint density at radius 1 is 1.62 bits per heavy atom. The Balaban J connectivity index is 3.08. The number of benzene rings is 1. The maximum Gasteiger partial charge on any atom is 0.307 e. The molecule has 2 nitrogen and oxygen atoms in total. The van der Waals surface area contributed by atoms with Crippen LogP contribution in [0.5, 0.6) is 0 Å². The van der Waals surface area contributed by atoms with Crippen LogP contribution in [-0.4, -0.2) is 11.1 Å². The largest absolute Gasteiger partial charge is 0.481 e. The molecule has 0 aliphatic carbocycles. The van der Waals surface area contributed by atoms with Crippen LogP contribution >= 0.6 is 27.5 Å². The number of carboxylic acids is 1. The summed E-state index contributed by atoms with van der Waals surface area (Å²) in [5.41, 5.74) is 1.68. The van der Waals surface area contributed by atoms with Gasteiger partial charge in [0.15, 0.2) is 0 Å². The van der Waals surface area contributed by atoms with Gasteiger partial charge in [-0.05, 0) is 46.1 Å². The number of rotatable bonds is 2. The normalized spacial score (nSPS) is 10.1. The predicted octanol–water partition coefficient (Wildman–Crippen LogP) is 3.04. The molecule has 1 rings (SSSR count).